The fraction of sp³-hybridized carbons (Fsp3) is 0.0476. The fourth-order valence-corrected chi connectivity index (χ4v) is 7.66. The highest BCUT2D eigenvalue weighted by molar-refractivity contribution is 6.08. The molecule has 3 aliphatic carbocycles. The molecule has 0 N–H and O–H groups in total. The molecule has 2 atom stereocenters. The van der Waals surface area contributed by atoms with Crippen LogP contribution in [0.3, 0.4) is 0 Å². The Hall–Kier alpha value is -6.20. The Labute approximate surface area is 272 Å². The molecule has 2 unspecified atom stereocenters. The molecule has 0 radical (unpaired) electrons. The first-order valence-electron chi connectivity index (χ1n) is 16.0. The zero-order valence-corrected chi connectivity index (χ0v) is 25.3. The van der Waals surface area contributed by atoms with E-state index in [4.69, 9.17) is 19.9 Å². The summed E-state index contributed by atoms with van der Waals surface area (Å²) in [5.41, 5.74) is 11.6. The van der Waals surface area contributed by atoms with Crippen LogP contribution in [0.15, 0.2) is 146 Å². The number of allylic oxidation sites excluding steroid dienone is 5. The summed E-state index contributed by atoms with van der Waals surface area (Å²) in [5.74, 6) is 3.14. The van der Waals surface area contributed by atoms with Crippen molar-refractivity contribution in [3.8, 4) is 51.1 Å². The summed E-state index contributed by atoms with van der Waals surface area (Å²) >= 11 is 0. The van der Waals surface area contributed by atoms with Crippen LogP contribution in [0.1, 0.15) is 22.7 Å². The second-order valence-electron chi connectivity index (χ2n) is 12.2. The minimum absolute atomic E-state index is 0.215. The van der Waals surface area contributed by atoms with E-state index in [2.05, 4.69) is 83.5 Å². The predicted octanol–water partition coefficient (Wildman–Crippen LogP) is 9.57. The summed E-state index contributed by atoms with van der Waals surface area (Å²) in [6.07, 6.45) is 13.4. The van der Waals surface area contributed by atoms with E-state index in [1.807, 2.05) is 72.9 Å². The van der Waals surface area contributed by atoms with Gasteiger partial charge < -0.3 is 0 Å². The molecule has 4 aromatic carbocycles. The first-order valence-corrected chi connectivity index (χ1v) is 16.0. The van der Waals surface area contributed by atoms with Crippen molar-refractivity contribution in [2.75, 3.05) is 0 Å². The summed E-state index contributed by atoms with van der Waals surface area (Å²) in [6.45, 7) is 0. The number of hydrogen-bond donors (Lipinski definition) is 0. The number of rotatable bonds is 4. The van der Waals surface area contributed by atoms with Crippen LogP contribution >= 0.6 is 0 Å². The molecular formula is C42H27N5. The van der Waals surface area contributed by atoms with Gasteiger partial charge in [-0.25, -0.2) is 19.9 Å². The third-order valence-corrected chi connectivity index (χ3v) is 9.65. The number of benzene rings is 4. The molecule has 0 saturated carbocycles. The van der Waals surface area contributed by atoms with Gasteiger partial charge in [0.05, 0.1) is 16.8 Å². The SMILES string of the molecule is C1=CC2C=Cc3c4c5c(cccc5n3-c3ncccc3-c3nc(-c5ccccc5)nc(-c5ccccc5)n3)-c3ccccc3C(=C1)C42. The first-order chi connectivity index (χ1) is 23.3. The maximum Gasteiger partial charge on any atom is 0.167 e. The van der Waals surface area contributed by atoms with E-state index in [-0.39, 0.29) is 11.8 Å². The summed E-state index contributed by atoms with van der Waals surface area (Å²) in [5, 5.41) is 1.29. The number of nitrogens with zero attached hydrogens (tertiary/aromatic N) is 5. The molecule has 5 nitrogen and oxygen atoms in total. The molecule has 3 heterocycles. The lowest BCUT2D eigenvalue weighted by molar-refractivity contribution is 0.710. The predicted molar refractivity (Wildman–Crippen MR) is 189 cm³/mol. The summed E-state index contributed by atoms with van der Waals surface area (Å²) in [4.78, 5) is 20.2. The molecule has 47 heavy (non-hydrogen) atoms. The highest BCUT2D eigenvalue weighted by atomic mass is 15.1. The van der Waals surface area contributed by atoms with E-state index in [0.29, 0.717) is 17.5 Å². The molecule has 0 saturated heterocycles. The molecular weight excluding hydrogens is 574 g/mol. The maximum atomic E-state index is 5.09. The van der Waals surface area contributed by atoms with E-state index in [1.165, 1.54) is 33.2 Å². The molecule has 10 rings (SSSR count). The van der Waals surface area contributed by atoms with Gasteiger partial charge in [-0.05, 0) is 52.1 Å². The van der Waals surface area contributed by atoms with Crippen LogP contribution in [0.25, 0.3) is 73.7 Å². The van der Waals surface area contributed by atoms with Gasteiger partial charge in [-0.2, -0.15) is 0 Å². The zero-order valence-electron chi connectivity index (χ0n) is 25.3. The van der Waals surface area contributed by atoms with Crippen molar-refractivity contribution >= 4 is 22.6 Å². The molecule has 5 heteroatoms. The van der Waals surface area contributed by atoms with Gasteiger partial charge in [0.2, 0.25) is 0 Å². The quantitative estimate of drug-likeness (QED) is 0.202. The maximum absolute atomic E-state index is 5.09. The topological polar surface area (TPSA) is 56.5 Å². The van der Waals surface area contributed by atoms with Gasteiger partial charge in [0.1, 0.15) is 5.82 Å². The Morgan fingerprint density at radius 1 is 0.553 bits per heavy atom. The van der Waals surface area contributed by atoms with Crippen molar-refractivity contribution in [1.29, 1.82) is 0 Å². The van der Waals surface area contributed by atoms with Gasteiger partial charge in [-0.3, -0.25) is 4.57 Å². The second-order valence-corrected chi connectivity index (χ2v) is 12.2. The Kier molecular flexibility index (Phi) is 5.63. The average Bonchev–Trinajstić information content (AvgIpc) is 3.43. The van der Waals surface area contributed by atoms with Crippen LogP contribution in [-0.2, 0) is 0 Å². The van der Waals surface area contributed by atoms with E-state index in [0.717, 1.165) is 33.7 Å². The molecule has 3 aromatic heterocycles. The van der Waals surface area contributed by atoms with Crippen LogP contribution in [0, 0.1) is 5.92 Å². The Bertz CT molecular complexity index is 2410. The standard InChI is InChI=1S/C42H27N5/c1-3-12-27(13-4-1)39-44-40(28-14-5-2-6-15-28)46-41(45-39)33-21-11-25-43-42(33)47-34-22-10-20-32-30-18-8-7-17-29(30)31-19-9-16-26-23-24-35(47)38(36(26)31)37(32)34/h1-26,36H. The number of pyridine rings is 1. The second kappa shape index (κ2) is 10.2. The lowest BCUT2D eigenvalue weighted by Crippen LogP contribution is -2.17. The van der Waals surface area contributed by atoms with Crippen molar-refractivity contribution in [3.05, 3.63) is 163 Å². The molecule has 220 valence electrons. The van der Waals surface area contributed by atoms with Gasteiger partial charge >= 0.3 is 0 Å². The summed E-state index contributed by atoms with van der Waals surface area (Å²) in [6, 6.07) is 39.8. The van der Waals surface area contributed by atoms with Crippen LogP contribution in [-0.4, -0.2) is 24.5 Å². The Morgan fingerprint density at radius 3 is 1.98 bits per heavy atom. The van der Waals surface area contributed by atoms with Gasteiger partial charge in [-0.1, -0.05) is 121 Å². The average molecular weight is 602 g/mol. The van der Waals surface area contributed by atoms with Crippen LogP contribution in [0.2, 0.25) is 0 Å². The molecule has 0 spiro atoms. The van der Waals surface area contributed by atoms with Crippen molar-refractivity contribution in [2.24, 2.45) is 5.92 Å². The molecule has 3 aliphatic rings. The summed E-state index contributed by atoms with van der Waals surface area (Å²) in [7, 11) is 0. The third kappa shape index (κ3) is 3.90. The number of fused-ring (bicyclic) bond motifs is 3. The molecule has 7 aromatic rings. The minimum Gasteiger partial charge on any atom is -0.293 e. The van der Waals surface area contributed by atoms with Gasteiger partial charge in [0.25, 0.3) is 0 Å². The number of hydrogen-bond acceptors (Lipinski definition) is 4. The summed E-state index contributed by atoms with van der Waals surface area (Å²) < 4.78 is 2.33. The van der Waals surface area contributed by atoms with Crippen LogP contribution < -0.4 is 0 Å². The van der Waals surface area contributed by atoms with Crippen molar-refractivity contribution < 1.29 is 0 Å². The Morgan fingerprint density at radius 2 is 1.21 bits per heavy atom. The number of aromatic nitrogens is 5. The van der Waals surface area contributed by atoms with E-state index in [1.54, 1.807) is 0 Å². The third-order valence-electron chi connectivity index (χ3n) is 9.65. The highest BCUT2D eigenvalue weighted by Crippen LogP contribution is 2.55. The van der Waals surface area contributed by atoms with Crippen molar-refractivity contribution in [2.45, 2.75) is 5.92 Å². The normalized spacial score (nSPS) is 16.9. The van der Waals surface area contributed by atoms with Gasteiger partial charge in [0, 0.05) is 34.5 Å². The minimum atomic E-state index is 0.215. The van der Waals surface area contributed by atoms with E-state index < -0.39 is 0 Å². The van der Waals surface area contributed by atoms with Gasteiger partial charge in [-0.15, -0.1) is 0 Å². The monoisotopic (exact) mass is 601 g/mol. The molecule has 0 fully saturated rings. The lowest BCUT2D eigenvalue weighted by Gasteiger charge is -2.31. The van der Waals surface area contributed by atoms with E-state index in [9.17, 15) is 0 Å². The van der Waals surface area contributed by atoms with Crippen LogP contribution in [0.5, 0.6) is 0 Å². The largest absolute Gasteiger partial charge is 0.293 e. The first kappa shape index (κ1) is 26.1. The molecule has 0 amide bonds. The lowest BCUT2D eigenvalue weighted by atomic mass is 9.72. The fourth-order valence-electron chi connectivity index (χ4n) is 7.66. The highest BCUT2D eigenvalue weighted by Gasteiger charge is 2.38. The molecule has 0 aliphatic heterocycles. The smallest absolute Gasteiger partial charge is 0.167 e. The Balaban J connectivity index is 1.27. The van der Waals surface area contributed by atoms with E-state index >= 15 is 0 Å². The zero-order chi connectivity index (χ0) is 30.9. The molecule has 0 bridgehead atoms. The van der Waals surface area contributed by atoms with Crippen LogP contribution in [0.4, 0.5) is 0 Å². The van der Waals surface area contributed by atoms with Crippen molar-refractivity contribution in [3.63, 3.8) is 0 Å². The van der Waals surface area contributed by atoms with Gasteiger partial charge in [0.15, 0.2) is 17.5 Å². The van der Waals surface area contributed by atoms with Crippen molar-refractivity contribution in [1.82, 2.24) is 24.5 Å².